The summed E-state index contributed by atoms with van der Waals surface area (Å²) >= 11 is 3.67. The van der Waals surface area contributed by atoms with Crippen LogP contribution in [0, 0.1) is 23.7 Å². The number of nitrogens with zero attached hydrogens (tertiary/aromatic N) is 2. The molecule has 60 heavy (non-hydrogen) atoms. The lowest BCUT2D eigenvalue weighted by atomic mass is 9.43. The van der Waals surface area contributed by atoms with Crippen molar-refractivity contribution in [1.82, 2.24) is 9.97 Å². The van der Waals surface area contributed by atoms with Crippen LogP contribution < -0.4 is 0 Å². The average molecular weight is 805 g/mol. The van der Waals surface area contributed by atoms with Crippen molar-refractivity contribution in [2.24, 2.45) is 23.7 Å². The van der Waals surface area contributed by atoms with Crippen LogP contribution in [0.3, 0.4) is 0 Å². The van der Waals surface area contributed by atoms with Gasteiger partial charge >= 0.3 is 0 Å². The van der Waals surface area contributed by atoms with E-state index in [0.29, 0.717) is 11.8 Å². The Balaban J connectivity index is 1.01. The topological polar surface area (TPSA) is 25.8 Å². The van der Waals surface area contributed by atoms with Gasteiger partial charge in [-0.05, 0) is 118 Å². The Morgan fingerprint density at radius 1 is 0.417 bits per heavy atom. The van der Waals surface area contributed by atoms with Crippen LogP contribution in [0.25, 0.3) is 96.5 Å². The van der Waals surface area contributed by atoms with Crippen molar-refractivity contribution in [1.29, 1.82) is 0 Å². The molecule has 0 N–H and O–H groups in total. The Bertz CT molecular complexity index is 3360. The monoisotopic (exact) mass is 804 g/mol. The lowest BCUT2D eigenvalue weighted by Crippen LogP contribution is -2.55. The zero-order chi connectivity index (χ0) is 39.1. The van der Waals surface area contributed by atoms with Gasteiger partial charge in [0, 0.05) is 52.2 Å². The first kappa shape index (κ1) is 33.8. The molecule has 5 aliphatic carbocycles. The second-order valence-corrected chi connectivity index (χ2v) is 20.1. The molecule has 3 heterocycles. The van der Waals surface area contributed by atoms with Crippen LogP contribution in [0.5, 0.6) is 0 Å². The van der Waals surface area contributed by atoms with E-state index in [0.717, 1.165) is 44.7 Å². The molecule has 7 aromatic carbocycles. The van der Waals surface area contributed by atoms with Crippen LogP contribution in [-0.2, 0) is 5.41 Å². The molecule has 0 atom stereocenters. The fourth-order valence-corrected chi connectivity index (χ4v) is 15.3. The van der Waals surface area contributed by atoms with Gasteiger partial charge in [-0.2, -0.15) is 0 Å². The number of fused-ring (bicyclic) bond motifs is 9. The first-order valence-electron chi connectivity index (χ1n) is 21.7. The summed E-state index contributed by atoms with van der Waals surface area (Å²) in [5.41, 5.74) is 14.6. The van der Waals surface area contributed by atoms with Crippen molar-refractivity contribution in [2.45, 2.75) is 37.5 Å². The molecular weight excluding hydrogens is 765 g/mol. The van der Waals surface area contributed by atoms with E-state index in [1.54, 1.807) is 22.5 Å². The molecule has 1 spiro atoms. The average Bonchev–Trinajstić information content (AvgIpc) is 3.96. The molecule has 286 valence electrons. The van der Waals surface area contributed by atoms with Crippen molar-refractivity contribution in [2.75, 3.05) is 0 Å². The standard InChI is InChI=1S/C56H40N2S2/c1-2-11-35(12-3-1)53-52-43-15-6-9-19-47(43)60-55(52)58-54(57-53)36-23-21-34(22-24-36)49-40(39-16-10-20-48-50(39)42-14-5-8-18-46(42)59-48)25-26-45-51(49)41-13-4-7-17-44(41)56(45)37-28-32-27-33(30-37)31-38(56)29-32/h1-26,32-33,37-38H,27-31H2. The molecule has 0 amide bonds. The van der Waals surface area contributed by atoms with Gasteiger partial charge in [0.2, 0.25) is 0 Å². The fourth-order valence-electron chi connectivity index (χ4n) is 13.1. The third-order valence-electron chi connectivity index (χ3n) is 15.1. The molecule has 0 radical (unpaired) electrons. The summed E-state index contributed by atoms with van der Waals surface area (Å²) in [5, 5.41) is 5.06. The number of hydrogen-bond acceptors (Lipinski definition) is 4. The summed E-state index contributed by atoms with van der Waals surface area (Å²) in [6, 6.07) is 59.2. The third-order valence-corrected chi connectivity index (χ3v) is 17.3. The molecule has 2 nitrogen and oxygen atoms in total. The van der Waals surface area contributed by atoms with Crippen molar-refractivity contribution in [3.8, 4) is 56.0 Å². The lowest BCUT2D eigenvalue weighted by Gasteiger charge is -2.61. The molecular formula is C56H40N2S2. The van der Waals surface area contributed by atoms with Gasteiger partial charge in [0.1, 0.15) is 4.83 Å². The summed E-state index contributed by atoms with van der Waals surface area (Å²) in [5.74, 6) is 4.00. The Labute approximate surface area is 357 Å². The van der Waals surface area contributed by atoms with Gasteiger partial charge < -0.3 is 0 Å². The van der Waals surface area contributed by atoms with Gasteiger partial charge in [-0.3, -0.25) is 0 Å². The van der Waals surface area contributed by atoms with Gasteiger partial charge in [0.25, 0.3) is 0 Å². The largest absolute Gasteiger partial charge is 0.227 e. The lowest BCUT2D eigenvalue weighted by molar-refractivity contribution is -0.0399. The van der Waals surface area contributed by atoms with E-state index < -0.39 is 0 Å². The number of hydrogen-bond donors (Lipinski definition) is 0. The minimum atomic E-state index is 0.0923. The van der Waals surface area contributed by atoms with Crippen molar-refractivity contribution >= 4 is 63.1 Å². The van der Waals surface area contributed by atoms with Gasteiger partial charge in [-0.1, -0.05) is 140 Å². The first-order valence-corrected chi connectivity index (χ1v) is 23.4. The maximum absolute atomic E-state index is 5.37. The summed E-state index contributed by atoms with van der Waals surface area (Å²) in [6.45, 7) is 0. The zero-order valence-corrected chi connectivity index (χ0v) is 34.7. The summed E-state index contributed by atoms with van der Waals surface area (Å²) in [4.78, 5) is 11.7. The number of thiophene rings is 2. The molecule has 4 bridgehead atoms. The molecule has 15 rings (SSSR count). The quantitative estimate of drug-likeness (QED) is 0.177. The summed E-state index contributed by atoms with van der Waals surface area (Å²) in [6.07, 6.45) is 6.96. The Morgan fingerprint density at radius 3 is 1.83 bits per heavy atom. The highest BCUT2D eigenvalue weighted by Crippen LogP contribution is 2.70. The summed E-state index contributed by atoms with van der Waals surface area (Å²) < 4.78 is 3.93. The van der Waals surface area contributed by atoms with Gasteiger partial charge in [-0.25, -0.2) is 9.97 Å². The highest BCUT2D eigenvalue weighted by Gasteiger charge is 2.61. The number of aromatic nitrogens is 2. The first-order chi connectivity index (χ1) is 29.7. The zero-order valence-electron chi connectivity index (χ0n) is 33.1. The Kier molecular flexibility index (Phi) is 7.08. The molecule has 0 aliphatic heterocycles. The van der Waals surface area contributed by atoms with Crippen LogP contribution in [0.4, 0.5) is 0 Å². The molecule has 4 saturated carbocycles. The smallest absolute Gasteiger partial charge is 0.161 e. The van der Waals surface area contributed by atoms with Crippen LogP contribution in [0.1, 0.15) is 43.2 Å². The molecule has 0 unspecified atom stereocenters. The Morgan fingerprint density at radius 2 is 1.05 bits per heavy atom. The number of benzene rings is 7. The van der Waals surface area contributed by atoms with Crippen LogP contribution in [-0.4, -0.2) is 9.97 Å². The third kappa shape index (κ3) is 4.58. The second kappa shape index (κ2) is 12.5. The van der Waals surface area contributed by atoms with Crippen molar-refractivity contribution in [3.05, 3.63) is 169 Å². The highest BCUT2D eigenvalue weighted by atomic mass is 32.1. The van der Waals surface area contributed by atoms with Gasteiger partial charge in [0.05, 0.1) is 5.69 Å². The van der Waals surface area contributed by atoms with Crippen LogP contribution in [0.2, 0.25) is 0 Å². The second-order valence-electron chi connectivity index (χ2n) is 18.0. The highest BCUT2D eigenvalue weighted by molar-refractivity contribution is 7.26. The SMILES string of the molecule is c1ccc(-c2nc(-c3ccc(-c4c(-c5cccc6sc7ccccc7c56)ccc5c4-c4ccccc4C54C5CC6CC(C5)CC4C6)cc3)nc3sc4ccccc4c23)cc1. The van der Waals surface area contributed by atoms with Gasteiger partial charge in [-0.15, -0.1) is 22.7 Å². The fraction of sp³-hybridized carbons (Fsp3) is 0.179. The molecule has 4 heteroatoms. The molecule has 5 aliphatic rings. The van der Waals surface area contributed by atoms with E-state index in [1.807, 2.05) is 11.3 Å². The normalized spacial score (nSPS) is 22.4. The van der Waals surface area contributed by atoms with E-state index in [9.17, 15) is 0 Å². The van der Waals surface area contributed by atoms with Crippen molar-refractivity contribution < 1.29 is 0 Å². The predicted octanol–water partition coefficient (Wildman–Crippen LogP) is 15.6. The molecule has 10 aromatic rings. The minimum Gasteiger partial charge on any atom is -0.227 e. The van der Waals surface area contributed by atoms with E-state index in [4.69, 9.17) is 9.97 Å². The predicted molar refractivity (Wildman–Crippen MR) is 253 cm³/mol. The van der Waals surface area contributed by atoms with Crippen LogP contribution in [0.15, 0.2) is 158 Å². The van der Waals surface area contributed by atoms with Gasteiger partial charge in [0.15, 0.2) is 5.82 Å². The van der Waals surface area contributed by atoms with Crippen molar-refractivity contribution in [3.63, 3.8) is 0 Å². The van der Waals surface area contributed by atoms with Crippen LogP contribution >= 0.6 is 22.7 Å². The molecule has 0 saturated heterocycles. The maximum atomic E-state index is 5.37. The molecule has 3 aromatic heterocycles. The van der Waals surface area contributed by atoms with E-state index >= 15 is 0 Å². The maximum Gasteiger partial charge on any atom is 0.161 e. The van der Waals surface area contributed by atoms with E-state index in [2.05, 4.69) is 158 Å². The van der Waals surface area contributed by atoms with E-state index in [1.165, 1.54) is 95.7 Å². The van der Waals surface area contributed by atoms with E-state index in [-0.39, 0.29) is 5.41 Å². The minimum absolute atomic E-state index is 0.0923. The molecule has 4 fully saturated rings. The Hall–Kier alpha value is -5.94. The summed E-state index contributed by atoms with van der Waals surface area (Å²) in [7, 11) is 0. The number of rotatable bonds is 4.